The predicted octanol–water partition coefficient (Wildman–Crippen LogP) is 2.81. The summed E-state index contributed by atoms with van der Waals surface area (Å²) in [6.07, 6.45) is -9.74. The molecule has 0 spiro atoms. The van der Waals surface area contributed by atoms with Gasteiger partial charge in [-0.05, 0) is 37.2 Å². The molecule has 1 rings (SSSR count). The summed E-state index contributed by atoms with van der Waals surface area (Å²) >= 11 is 0. The lowest BCUT2D eigenvalue weighted by molar-refractivity contribution is -0.242. The molecule has 10 heteroatoms. The van der Waals surface area contributed by atoms with E-state index in [1.54, 1.807) is 13.8 Å². The molecule has 132 valence electrons. The number of hydrogen-bond acceptors (Lipinski definition) is 3. The lowest BCUT2D eigenvalue weighted by Crippen LogP contribution is -2.30. The molecule has 0 saturated carbocycles. The maximum Gasteiger partial charge on any atom is 0.416 e. The molecule has 1 aromatic carbocycles. The maximum absolute atomic E-state index is 12.7. The number of rotatable bonds is 7. The monoisotopic (exact) mass is 362 g/mol. The van der Waals surface area contributed by atoms with Crippen molar-refractivity contribution < 1.29 is 40.2 Å². The standard InChI is InChI=1S/C13H16F6O3Si/c1-3-20-11(21-4-2)22-23-10-6-8(12(14,15)16)5-9(7-10)13(17,18)19/h5-7,11H,3-4,23H2,1-2H3. The Kier molecular flexibility index (Phi) is 7.05. The molecule has 0 aliphatic rings. The van der Waals surface area contributed by atoms with E-state index in [0.29, 0.717) is 12.1 Å². The van der Waals surface area contributed by atoms with Crippen LogP contribution in [0.1, 0.15) is 25.0 Å². The topological polar surface area (TPSA) is 27.7 Å². The highest BCUT2D eigenvalue weighted by molar-refractivity contribution is 6.47. The quantitative estimate of drug-likeness (QED) is 0.424. The largest absolute Gasteiger partial charge is 0.416 e. The molecule has 0 aliphatic heterocycles. The molecule has 3 nitrogen and oxygen atoms in total. The lowest BCUT2D eigenvalue weighted by Gasteiger charge is -2.18. The first-order valence-electron chi connectivity index (χ1n) is 6.71. The maximum atomic E-state index is 12.7. The Morgan fingerprint density at radius 1 is 0.870 bits per heavy atom. The van der Waals surface area contributed by atoms with Crippen LogP contribution in [0, 0.1) is 0 Å². The van der Waals surface area contributed by atoms with Crippen LogP contribution < -0.4 is 5.19 Å². The Morgan fingerprint density at radius 3 is 1.65 bits per heavy atom. The summed E-state index contributed by atoms with van der Waals surface area (Å²) in [5.41, 5.74) is -2.72. The fourth-order valence-electron chi connectivity index (χ4n) is 1.68. The van der Waals surface area contributed by atoms with Crippen molar-refractivity contribution in [2.75, 3.05) is 13.2 Å². The molecule has 23 heavy (non-hydrogen) atoms. The van der Waals surface area contributed by atoms with E-state index in [1.807, 2.05) is 0 Å². The molecule has 0 saturated heterocycles. The Bertz CT molecular complexity index is 465. The third kappa shape index (κ3) is 6.49. The highest BCUT2D eigenvalue weighted by Gasteiger charge is 2.36. The zero-order valence-electron chi connectivity index (χ0n) is 12.4. The Morgan fingerprint density at radius 2 is 1.30 bits per heavy atom. The highest BCUT2D eigenvalue weighted by atomic mass is 28.2. The molecule has 0 aliphatic carbocycles. The SMILES string of the molecule is CCOC(OCC)O[SiH2]c1cc(C(F)(F)F)cc(C(F)(F)F)c1. The minimum Gasteiger partial charge on any atom is -0.373 e. The van der Waals surface area contributed by atoms with Gasteiger partial charge < -0.3 is 13.9 Å². The summed E-state index contributed by atoms with van der Waals surface area (Å²) in [5, 5.41) is -0.142. The van der Waals surface area contributed by atoms with Crippen LogP contribution in [0.4, 0.5) is 26.3 Å². The lowest BCUT2D eigenvalue weighted by atomic mass is 10.1. The molecule has 0 N–H and O–H groups in total. The van der Waals surface area contributed by atoms with Gasteiger partial charge >= 0.3 is 12.4 Å². The average Bonchev–Trinajstić information content (AvgIpc) is 2.43. The minimum absolute atomic E-state index is 0.0838. The fourth-order valence-corrected chi connectivity index (χ4v) is 2.81. The van der Waals surface area contributed by atoms with Crippen molar-refractivity contribution in [1.29, 1.82) is 0 Å². The molecule has 0 aromatic heterocycles. The van der Waals surface area contributed by atoms with Crippen LogP contribution in [0.5, 0.6) is 0 Å². The number of benzene rings is 1. The van der Waals surface area contributed by atoms with Crippen molar-refractivity contribution in [3.8, 4) is 0 Å². The van der Waals surface area contributed by atoms with Gasteiger partial charge in [-0.15, -0.1) is 0 Å². The van der Waals surface area contributed by atoms with E-state index >= 15 is 0 Å². The van der Waals surface area contributed by atoms with Crippen molar-refractivity contribution >= 4 is 14.9 Å². The summed E-state index contributed by atoms with van der Waals surface area (Å²) in [6, 6.07) is 1.41. The van der Waals surface area contributed by atoms with Crippen molar-refractivity contribution in [3.63, 3.8) is 0 Å². The van der Waals surface area contributed by atoms with Gasteiger partial charge in [0.05, 0.1) is 11.1 Å². The van der Waals surface area contributed by atoms with Crippen molar-refractivity contribution in [1.82, 2.24) is 0 Å². The van der Waals surface area contributed by atoms with E-state index in [-0.39, 0.29) is 24.5 Å². The number of alkyl halides is 6. The first-order valence-corrected chi connectivity index (χ1v) is 7.99. The molecule has 0 radical (unpaired) electrons. The van der Waals surface area contributed by atoms with Gasteiger partial charge in [-0.1, -0.05) is 0 Å². The van der Waals surface area contributed by atoms with Crippen LogP contribution in [-0.2, 0) is 26.3 Å². The van der Waals surface area contributed by atoms with Gasteiger partial charge in [0.15, 0.2) is 9.76 Å². The second-order valence-electron chi connectivity index (χ2n) is 4.42. The van der Waals surface area contributed by atoms with Gasteiger partial charge in [0.2, 0.25) is 0 Å². The van der Waals surface area contributed by atoms with E-state index in [9.17, 15) is 26.3 Å². The minimum atomic E-state index is -4.87. The summed E-state index contributed by atoms with van der Waals surface area (Å²) in [6.45, 7) is 2.68. The summed E-state index contributed by atoms with van der Waals surface area (Å²) < 4.78 is 91.7. The molecule has 0 amide bonds. The smallest absolute Gasteiger partial charge is 0.373 e. The van der Waals surface area contributed by atoms with Crippen LogP contribution in [0.25, 0.3) is 0 Å². The molecule has 0 bridgehead atoms. The van der Waals surface area contributed by atoms with Gasteiger partial charge in [-0.2, -0.15) is 26.3 Å². The third-order valence-corrected chi connectivity index (χ3v) is 3.82. The molecule has 0 fully saturated rings. The molecular weight excluding hydrogens is 346 g/mol. The van der Waals surface area contributed by atoms with Gasteiger partial charge in [0, 0.05) is 13.2 Å². The first kappa shape index (κ1) is 19.9. The summed E-state index contributed by atoms with van der Waals surface area (Å²) in [5.74, 6) is 0. The molecule has 0 unspecified atom stereocenters. The Balaban J connectivity index is 3.01. The first-order chi connectivity index (χ1) is 10.6. The van der Waals surface area contributed by atoms with E-state index in [2.05, 4.69) is 0 Å². The summed E-state index contributed by atoms with van der Waals surface area (Å²) in [7, 11) is -1.91. The number of halogens is 6. The van der Waals surface area contributed by atoms with E-state index in [1.165, 1.54) is 0 Å². The van der Waals surface area contributed by atoms with Gasteiger partial charge in [-0.25, -0.2) is 0 Å². The van der Waals surface area contributed by atoms with E-state index in [4.69, 9.17) is 13.9 Å². The summed E-state index contributed by atoms with van der Waals surface area (Å²) in [4.78, 5) is 0. The average molecular weight is 362 g/mol. The molecule has 1 aromatic rings. The van der Waals surface area contributed by atoms with Gasteiger partial charge in [0.25, 0.3) is 6.48 Å². The fraction of sp³-hybridized carbons (Fsp3) is 0.538. The number of ether oxygens (including phenoxy) is 2. The van der Waals surface area contributed by atoms with Gasteiger partial charge in [0.1, 0.15) is 0 Å². The van der Waals surface area contributed by atoms with Crippen LogP contribution >= 0.6 is 0 Å². The van der Waals surface area contributed by atoms with Crippen LogP contribution in [0.15, 0.2) is 18.2 Å². The number of hydrogen-bond donors (Lipinski definition) is 0. The van der Waals surface area contributed by atoms with Crippen molar-refractivity contribution in [2.45, 2.75) is 32.7 Å². The second kappa shape index (κ2) is 8.13. The normalized spacial score (nSPS) is 13.4. The zero-order chi connectivity index (χ0) is 17.7. The molecule has 0 heterocycles. The van der Waals surface area contributed by atoms with Gasteiger partial charge in [-0.3, -0.25) is 0 Å². The van der Waals surface area contributed by atoms with E-state index in [0.717, 1.165) is 0 Å². The predicted molar refractivity (Wildman–Crippen MR) is 72.7 cm³/mol. The highest BCUT2D eigenvalue weighted by Crippen LogP contribution is 2.34. The Labute approximate surface area is 131 Å². The van der Waals surface area contributed by atoms with Crippen molar-refractivity contribution in [2.24, 2.45) is 0 Å². The molecular formula is C13H16F6O3Si. The van der Waals surface area contributed by atoms with Crippen molar-refractivity contribution in [3.05, 3.63) is 29.3 Å². The zero-order valence-corrected chi connectivity index (χ0v) is 13.8. The third-order valence-electron chi connectivity index (χ3n) is 2.64. The second-order valence-corrected chi connectivity index (χ2v) is 5.86. The van der Waals surface area contributed by atoms with E-state index < -0.39 is 39.7 Å². The molecule has 0 atom stereocenters. The van der Waals surface area contributed by atoms with Crippen LogP contribution in [-0.4, -0.2) is 29.5 Å². The van der Waals surface area contributed by atoms with Crippen LogP contribution in [0.3, 0.4) is 0 Å². The van der Waals surface area contributed by atoms with Crippen LogP contribution in [0.2, 0.25) is 0 Å². The Hall–Kier alpha value is -1.10.